The van der Waals surface area contributed by atoms with Gasteiger partial charge < -0.3 is 24.8 Å². The number of allylic oxidation sites excluding steroid dienone is 8. The van der Waals surface area contributed by atoms with E-state index >= 15 is 0 Å². The third-order valence-corrected chi connectivity index (χ3v) is 28.2. The summed E-state index contributed by atoms with van der Waals surface area (Å²) in [6.45, 7) is 25.5. The Kier molecular flexibility index (Phi) is 11.3. The number of halogens is 2. The number of hydrogen-bond acceptors (Lipinski definition) is 0. The van der Waals surface area contributed by atoms with Gasteiger partial charge >= 0.3 is 25.8 Å². The van der Waals surface area contributed by atoms with E-state index in [9.17, 15) is 0 Å². The van der Waals surface area contributed by atoms with Crippen molar-refractivity contribution in [3.05, 3.63) is 45.1 Å². The first-order valence-electron chi connectivity index (χ1n) is 9.35. The molecule has 0 unspecified atom stereocenters. The molecule has 0 aromatic heterocycles. The van der Waals surface area contributed by atoms with Crippen molar-refractivity contribution >= 4 is 31.3 Å². The second kappa shape index (κ2) is 10.1. The Hall–Kier alpha value is 1.28. The van der Waals surface area contributed by atoms with Gasteiger partial charge in [-0.2, -0.15) is 12.2 Å². The molecule has 0 amide bonds. The molecular weight excluding hydrogens is 602 g/mol. The van der Waals surface area contributed by atoms with Crippen molar-refractivity contribution in [2.45, 2.75) is 78.3 Å². The van der Waals surface area contributed by atoms with Crippen LogP contribution in [0.1, 0.15) is 12.8 Å². The predicted octanol–water partition coefficient (Wildman–Crippen LogP) is 0.440. The molecular formula is C20H36Cl2HfSi4. The van der Waals surface area contributed by atoms with E-state index in [0.717, 1.165) is 12.8 Å². The van der Waals surface area contributed by atoms with Crippen molar-refractivity contribution < 1.29 is 50.7 Å². The molecule has 0 aromatic carbocycles. The Bertz CT molecular complexity index is 602. The zero-order chi connectivity index (χ0) is 18.6. The molecule has 0 spiro atoms. The van der Waals surface area contributed by atoms with Gasteiger partial charge in [0.05, 0.1) is 0 Å². The smallest absolute Gasteiger partial charge is 1.00 e. The first-order valence-corrected chi connectivity index (χ1v) is 23.4. The quantitative estimate of drug-likeness (QED) is 0.303. The topological polar surface area (TPSA) is 0 Å². The first-order chi connectivity index (χ1) is 10.7. The second-order valence-corrected chi connectivity index (χ2v) is 35.6. The van der Waals surface area contributed by atoms with Gasteiger partial charge in [0, 0.05) is 15.2 Å². The van der Waals surface area contributed by atoms with Crippen LogP contribution in [0.5, 0.6) is 0 Å². The van der Waals surface area contributed by atoms with Gasteiger partial charge in [0.25, 0.3) is 0 Å². The summed E-state index contributed by atoms with van der Waals surface area (Å²) in [5.41, 5.74) is 0. The SMILES string of the molecule is C[Si](C)(C)C1=CC[C-]=C1[Si](C)(C)[Si](C)(C)C1=[C-]CC=C1[Si](C)(C)C.[Cl-].[Cl-].[Hf+4]. The maximum atomic E-state index is 3.84. The van der Waals surface area contributed by atoms with Gasteiger partial charge in [-0.05, 0) is 16.1 Å². The minimum Gasteiger partial charge on any atom is -1.00 e. The number of rotatable bonds is 5. The summed E-state index contributed by atoms with van der Waals surface area (Å²) in [7, 11) is -5.70. The molecule has 0 atom stereocenters. The van der Waals surface area contributed by atoms with Crippen LogP contribution in [-0.2, 0) is 25.8 Å². The fourth-order valence-electron chi connectivity index (χ4n) is 4.01. The van der Waals surface area contributed by atoms with Crippen molar-refractivity contribution in [3.8, 4) is 0 Å². The second-order valence-electron chi connectivity index (χ2n) is 10.5. The van der Waals surface area contributed by atoms with E-state index in [2.05, 4.69) is 89.8 Å². The van der Waals surface area contributed by atoms with Gasteiger partial charge in [-0.3, -0.25) is 12.2 Å². The van der Waals surface area contributed by atoms with Crippen LogP contribution in [0.3, 0.4) is 0 Å². The molecule has 150 valence electrons. The van der Waals surface area contributed by atoms with Crippen LogP contribution in [-0.4, -0.2) is 31.3 Å². The Morgan fingerprint density at radius 3 is 1.07 bits per heavy atom. The Morgan fingerprint density at radius 1 is 0.593 bits per heavy atom. The molecule has 2 aliphatic rings. The average Bonchev–Trinajstić information content (AvgIpc) is 3.06. The summed E-state index contributed by atoms with van der Waals surface area (Å²) in [6.07, 6.45) is 14.8. The van der Waals surface area contributed by atoms with E-state index in [0.29, 0.717) is 0 Å². The Labute approximate surface area is 203 Å². The largest absolute Gasteiger partial charge is 4.00 e. The minimum absolute atomic E-state index is 0. The van der Waals surface area contributed by atoms with Crippen LogP contribution >= 0.6 is 0 Å². The molecule has 0 aliphatic heterocycles. The van der Waals surface area contributed by atoms with Gasteiger partial charge in [0.2, 0.25) is 0 Å². The maximum absolute atomic E-state index is 3.84. The van der Waals surface area contributed by atoms with Crippen molar-refractivity contribution in [2.75, 3.05) is 0 Å². The van der Waals surface area contributed by atoms with Gasteiger partial charge in [0.1, 0.15) is 0 Å². The summed E-state index contributed by atoms with van der Waals surface area (Å²) in [6, 6.07) is 0. The Morgan fingerprint density at radius 2 is 0.852 bits per heavy atom. The van der Waals surface area contributed by atoms with Gasteiger partial charge in [0.15, 0.2) is 0 Å². The van der Waals surface area contributed by atoms with E-state index in [4.69, 9.17) is 0 Å². The van der Waals surface area contributed by atoms with Crippen molar-refractivity contribution in [1.29, 1.82) is 0 Å². The molecule has 0 N–H and O–H groups in total. The summed E-state index contributed by atoms with van der Waals surface area (Å²) in [4.78, 5) is 0. The molecule has 0 fully saturated rings. The molecule has 0 saturated carbocycles. The summed E-state index contributed by atoms with van der Waals surface area (Å²) in [5.74, 6) is 0. The molecule has 2 rings (SSSR count). The van der Waals surface area contributed by atoms with Crippen LogP contribution < -0.4 is 24.8 Å². The maximum Gasteiger partial charge on any atom is 4.00 e. The molecule has 27 heavy (non-hydrogen) atoms. The summed E-state index contributed by atoms with van der Waals surface area (Å²) < 4.78 is 0. The number of hydrogen-bond donors (Lipinski definition) is 0. The molecule has 0 nitrogen and oxygen atoms in total. The normalized spacial score (nSPS) is 17.7. The fraction of sp³-hybridized carbons (Fsp3) is 0.600. The monoisotopic (exact) mass is 638 g/mol. The zero-order valence-electron chi connectivity index (χ0n) is 18.8. The first kappa shape index (κ1) is 30.5. The van der Waals surface area contributed by atoms with Gasteiger partial charge in [-0.1, -0.05) is 65.5 Å². The fourth-order valence-corrected chi connectivity index (χ4v) is 21.0. The zero-order valence-corrected chi connectivity index (χ0v) is 27.9. The molecule has 0 heterocycles. The van der Waals surface area contributed by atoms with E-state index < -0.39 is 31.3 Å². The van der Waals surface area contributed by atoms with Gasteiger partial charge in [-0.25, -0.2) is 20.8 Å². The molecule has 2 aliphatic carbocycles. The van der Waals surface area contributed by atoms with Crippen molar-refractivity contribution in [1.82, 2.24) is 0 Å². The van der Waals surface area contributed by atoms with E-state index in [1.807, 2.05) is 0 Å². The van der Waals surface area contributed by atoms with E-state index in [1.165, 1.54) is 0 Å². The third kappa shape index (κ3) is 5.92. The van der Waals surface area contributed by atoms with E-state index in [1.54, 1.807) is 20.8 Å². The standard InChI is InChI=1S/C20H36Si4.2ClH.Hf/c1-21(2,3)17-13-11-15-19(17)23(7,8)24(9,10)20-16-12-14-18(20)22(4,5)6;;;/h13-14H,11-12H2,1-10H3;2*1H;/q-2;;;+4/p-2. The average molecular weight is 638 g/mol. The van der Waals surface area contributed by atoms with Crippen LogP contribution in [0.15, 0.2) is 32.9 Å². The van der Waals surface area contributed by atoms with Crippen LogP contribution in [0, 0.1) is 12.2 Å². The summed E-state index contributed by atoms with van der Waals surface area (Å²) in [5, 5.41) is 6.82. The third-order valence-electron chi connectivity index (χ3n) is 6.14. The summed E-state index contributed by atoms with van der Waals surface area (Å²) >= 11 is 0. The van der Waals surface area contributed by atoms with Crippen LogP contribution in [0.25, 0.3) is 0 Å². The molecule has 0 bridgehead atoms. The molecule has 0 aromatic rings. The molecule has 0 radical (unpaired) electrons. The molecule has 7 heteroatoms. The van der Waals surface area contributed by atoms with Crippen molar-refractivity contribution in [2.24, 2.45) is 0 Å². The molecule has 0 saturated heterocycles. The van der Waals surface area contributed by atoms with E-state index in [-0.39, 0.29) is 50.7 Å². The Balaban J connectivity index is 0. The predicted molar refractivity (Wildman–Crippen MR) is 121 cm³/mol. The van der Waals surface area contributed by atoms with Crippen LogP contribution in [0.2, 0.25) is 65.5 Å². The minimum atomic E-state index is -1.56. The van der Waals surface area contributed by atoms with Crippen LogP contribution in [0.4, 0.5) is 0 Å². The van der Waals surface area contributed by atoms with Gasteiger partial charge in [-0.15, -0.1) is 12.8 Å². The van der Waals surface area contributed by atoms with Crippen molar-refractivity contribution in [3.63, 3.8) is 0 Å².